The van der Waals surface area contributed by atoms with Gasteiger partial charge in [0.25, 0.3) is 9.05 Å². The third-order valence-electron chi connectivity index (χ3n) is 1.21. The van der Waals surface area contributed by atoms with Crippen molar-refractivity contribution in [2.75, 3.05) is 0 Å². The van der Waals surface area contributed by atoms with Crippen molar-refractivity contribution in [1.29, 1.82) is 0 Å². The molecule has 0 amide bonds. The third-order valence-corrected chi connectivity index (χ3v) is 3.21. The topological polar surface area (TPSA) is 54.4 Å². The second kappa shape index (κ2) is 3.24. The van der Waals surface area contributed by atoms with E-state index in [4.69, 9.17) is 10.7 Å². The Morgan fingerprint density at radius 3 is 2.42 bits per heavy atom. The zero-order valence-electron chi connectivity index (χ0n) is 5.66. The van der Waals surface area contributed by atoms with Gasteiger partial charge in [-0.25, -0.2) is 8.42 Å². The lowest BCUT2D eigenvalue weighted by atomic mass is 10.3. The molecule has 3 nitrogen and oxygen atoms in total. The van der Waals surface area contributed by atoms with Crippen LogP contribution in [0.4, 0.5) is 0 Å². The van der Waals surface area contributed by atoms with Crippen molar-refractivity contribution in [1.82, 2.24) is 0 Å². The van der Waals surface area contributed by atoms with E-state index < -0.39 is 9.05 Å². The highest BCUT2D eigenvalue weighted by Gasteiger charge is 2.16. The molecular formula is C6H4BrClO3S. The summed E-state index contributed by atoms with van der Waals surface area (Å²) in [5, 5.41) is 9.22. The summed E-state index contributed by atoms with van der Waals surface area (Å²) >= 11 is 2.97. The Balaban J connectivity index is 3.47. The minimum Gasteiger partial charge on any atom is -0.505 e. The van der Waals surface area contributed by atoms with Crippen molar-refractivity contribution >= 4 is 35.7 Å². The average Bonchev–Trinajstić information content (AvgIpc) is 1.92. The van der Waals surface area contributed by atoms with Crippen LogP contribution >= 0.6 is 26.6 Å². The Kier molecular flexibility index (Phi) is 2.65. The minimum atomic E-state index is -3.86. The molecule has 0 unspecified atom stereocenters. The lowest BCUT2D eigenvalue weighted by Gasteiger charge is -2.00. The molecule has 1 rings (SSSR count). The molecule has 0 aliphatic rings. The van der Waals surface area contributed by atoms with Gasteiger partial charge in [0.05, 0.1) is 4.47 Å². The standard InChI is InChI=1S/C6H4BrClO3S/c7-4-2-1-3-5(6(4)9)12(8,10)11/h1-3,9H. The number of benzene rings is 1. The van der Waals surface area contributed by atoms with Crippen LogP contribution < -0.4 is 0 Å². The Hall–Kier alpha value is -0.260. The smallest absolute Gasteiger partial charge is 0.265 e. The van der Waals surface area contributed by atoms with Gasteiger partial charge in [0, 0.05) is 10.7 Å². The van der Waals surface area contributed by atoms with E-state index in [1.807, 2.05) is 0 Å². The SMILES string of the molecule is O=S(=O)(Cl)c1cccc(Br)c1O. The van der Waals surface area contributed by atoms with Gasteiger partial charge in [0.15, 0.2) is 0 Å². The van der Waals surface area contributed by atoms with Gasteiger partial charge < -0.3 is 5.11 Å². The Bertz CT molecular complexity index is 401. The molecule has 0 fully saturated rings. The summed E-state index contributed by atoms with van der Waals surface area (Å²) in [6.07, 6.45) is 0. The highest BCUT2D eigenvalue weighted by Crippen LogP contribution is 2.32. The Morgan fingerprint density at radius 1 is 1.42 bits per heavy atom. The van der Waals surface area contributed by atoms with E-state index in [2.05, 4.69) is 15.9 Å². The fraction of sp³-hybridized carbons (Fsp3) is 0. The van der Waals surface area contributed by atoms with Gasteiger partial charge in [0.2, 0.25) is 0 Å². The normalized spacial score (nSPS) is 11.5. The summed E-state index contributed by atoms with van der Waals surface area (Å²) in [4.78, 5) is -0.293. The molecule has 1 aromatic carbocycles. The number of phenols is 1. The van der Waals surface area contributed by atoms with Gasteiger partial charge >= 0.3 is 0 Å². The number of hydrogen-bond donors (Lipinski definition) is 1. The molecule has 0 aromatic heterocycles. The molecular weight excluding hydrogens is 267 g/mol. The molecule has 0 aliphatic heterocycles. The first-order valence-electron chi connectivity index (χ1n) is 2.85. The first-order valence-corrected chi connectivity index (χ1v) is 5.95. The summed E-state index contributed by atoms with van der Waals surface area (Å²) in [6.45, 7) is 0. The van der Waals surface area contributed by atoms with E-state index in [0.29, 0.717) is 4.47 Å². The molecule has 0 bridgehead atoms. The molecule has 1 N–H and O–H groups in total. The quantitative estimate of drug-likeness (QED) is 0.796. The lowest BCUT2D eigenvalue weighted by Crippen LogP contribution is -1.90. The predicted molar refractivity (Wildman–Crippen MR) is 48.8 cm³/mol. The lowest BCUT2D eigenvalue weighted by molar-refractivity contribution is 0.456. The van der Waals surface area contributed by atoms with Crippen LogP contribution in [0.3, 0.4) is 0 Å². The van der Waals surface area contributed by atoms with Gasteiger partial charge in [-0.3, -0.25) is 0 Å². The third kappa shape index (κ3) is 1.91. The second-order valence-electron chi connectivity index (χ2n) is 2.02. The molecule has 0 spiro atoms. The van der Waals surface area contributed by atoms with Gasteiger partial charge in [-0.05, 0) is 28.1 Å². The monoisotopic (exact) mass is 270 g/mol. The highest BCUT2D eigenvalue weighted by molar-refractivity contribution is 9.10. The fourth-order valence-electron chi connectivity index (χ4n) is 0.692. The summed E-state index contributed by atoms with van der Waals surface area (Å²) < 4.78 is 21.9. The molecule has 0 radical (unpaired) electrons. The molecule has 0 atom stereocenters. The van der Waals surface area contributed by atoms with Gasteiger partial charge in [-0.2, -0.15) is 0 Å². The van der Waals surface area contributed by atoms with Gasteiger partial charge in [-0.15, -0.1) is 0 Å². The zero-order chi connectivity index (χ0) is 9.35. The fourth-order valence-corrected chi connectivity index (χ4v) is 2.15. The van der Waals surface area contributed by atoms with Gasteiger partial charge in [-0.1, -0.05) is 6.07 Å². The van der Waals surface area contributed by atoms with Crippen molar-refractivity contribution in [2.24, 2.45) is 0 Å². The summed E-state index contributed by atoms with van der Waals surface area (Å²) in [5.74, 6) is -0.368. The molecule has 0 aliphatic carbocycles. The second-order valence-corrected chi connectivity index (χ2v) is 5.41. The number of aromatic hydroxyl groups is 1. The van der Waals surface area contributed by atoms with Crippen LogP contribution in [0.25, 0.3) is 0 Å². The molecule has 1 aromatic rings. The van der Waals surface area contributed by atoms with Gasteiger partial charge in [0.1, 0.15) is 10.6 Å². The summed E-state index contributed by atoms with van der Waals surface area (Å²) in [7, 11) is 1.16. The molecule has 6 heteroatoms. The maximum atomic E-state index is 10.8. The van der Waals surface area contributed by atoms with Crippen molar-refractivity contribution in [3.63, 3.8) is 0 Å². The van der Waals surface area contributed by atoms with E-state index >= 15 is 0 Å². The van der Waals surface area contributed by atoms with Crippen LogP contribution in [0.1, 0.15) is 0 Å². The van der Waals surface area contributed by atoms with Crippen molar-refractivity contribution < 1.29 is 13.5 Å². The predicted octanol–water partition coefficient (Wildman–Crippen LogP) is 2.08. The van der Waals surface area contributed by atoms with Crippen LogP contribution in [0.5, 0.6) is 5.75 Å². The molecule has 66 valence electrons. The number of hydrogen-bond acceptors (Lipinski definition) is 3. The van der Waals surface area contributed by atoms with E-state index in [1.54, 1.807) is 0 Å². The van der Waals surface area contributed by atoms with E-state index in [1.165, 1.54) is 18.2 Å². The zero-order valence-corrected chi connectivity index (χ0v) is 8.82. The highest BCUT2D eigenvalue weighted by atomic mass is 79.9. The van der Waals surface area contributed by atoms with E-state index in [0.717, 1.165) is 0 Å². The Morgan fingerprint density at radius 2 is 2.00 bits per heavy atom. The number of para-hydroxylation sites is 1. The average molecular weight is 272 g/mol. The minimum absolute atomic E-state index is 0.293. The van der Waals surface area contributed by atoms with Crippen molar-refractivity contribution in [3.05, 3.63) is 22.7 Å². The molecule has 0 heterocycles. The maximum Gasteiger partial charge on any atom is 0.265 e. The van der Waals surface area contributed by atoms with Crippen molar-refractivity contribution in [3.8, 4) is 5.75 Å². The van der Waals surface area contributed by atoms with Crippen LogP contribution in [0, 0.1) is 0 Å². The number of phenolic OH excluding ortho intramolecular Hbond substituents is 1. The molecule has 0 saturated carbocycles. The number of halogens is 2. The summed E-state index contributed by atoms with van der Waals surface area (Å²) in [6, 6.07) is 4.21. The maximum absolute atomic E-state index is 10.8. The Labute approximate surface area is 82.5 Å². The van der Waals surface area contributed by atoms with Crippen LogP contribution in [-0.2, 0) is 9.05 Å². The van der Waals surface area contributed by atoms with E-state index in [9.17, 15) is 13.5 Å². The van der Waals surface area contributed by atoms with E-state index in [-0.39, 0.29) is 10.6 Å². The first-order chi connectivity index (χ1) is 5.43. The van der Waals surface area contributed by atoms with Crippen LogP contribution in [-0.4, -0.2) is 13.5 Å². The first kappa shape index (κ1) is 9.83. The largest absolute Gasteiger partial charge is 0.505 e. The van der Waals surface area contributed by atoms with Crippen molar-refractivity contribution in [2.45, 2.75) is 4.90 Å². The molecule has 12 heavy (non-hydrogen) atoms. The molecule has 0 saturated heterocycles. The van der Waals surface area contributed by atoms with Crippen LogP contribution in [0.15, 0.2) is 27.6 Å². The number of rotatable bonds is 1. The summed E-state index contributed by atoms with van der Waals surface area (Å²) in [5.41, 5.74) is 0. The van der Waals surface area contributed by atoms with Crippen LogP contribution in [0.2, 0.25) is 0 Å².